The Labute approximate surface area is 103 Å². The number of hydrogen-bond donors (Lipinski definition) is 1. The predicted octanol–water partition coefficient (Wildman–Crippen LogP) is 2.76. The molecule has 1 aromatic rings. The first-order valence-corrected chi connectivity index (χ1v) is 6.59. The molecule has 1 aliphatic carbocycles. The quantitative estimate of drug-likeness (QED) is 0.851. The molecule has 0 aromatic carbocycles. The number of rotatable bonds is 5. The normalized spacial score (nSPS) is 17.6. The summed E-state index contributed by atoms with van der Waals surface area (Å²) in [5.41, 5.74) is 1.91. The summed E-state index contributed by atoms with van der Waals surface area (Å²) in [6.45, 7) is 6.09. The number of nitrogens with zero attached hydrogens (tertiary/aromatic N) is 2. The third-order valence-electron chi connectivity index (χ3n) is 3.65. The van der Waals surface area contributed by atoms with Gasteiger partial charge in [-0.15, -0.1) is 0 Å². The average molecular weight is 234 g/mol. The minimum Gasteiger partial charge on any atom is -0.387 e. The van der Waals surface area contributed by atoms with Crippen LogP contribution in [0, 0.1) is 5.92 Å². The fourth-order valence-corrected chi connectivity index (χ4v) is 2.24. The van der Waals surface area contributed by atoms with Crippen molar-refractivity contribution in [2.75, 3.05) is 18.0 Å². The van der Waals surface area contributed by atoms with Crippen molar-refractivity contribution < 1.29 is 5.11 Å². The molecule has 1 atom stereocenters. The van der Waals surface area contributed by atoms with Gasteiger partial charge in [-0.3, -0.25) is 4.98 Å². The van der Waals surface area contributed by atoms with Crippen LogP contribution in [-0.2, 0) is 0 Å². The molecule has 0 aliphatic heterocycles. The van der Waals surface area contributed by atoms with E-state index in [-0.39, 0.29) is 0 Å². The van der Waals surface area contributed by atoms with E-state index in [1.54, 1.807) is 6.92 Å². The highest BCUT2D eigenvalue weighted by Crippen LogP contribution is 2.28. The molecule has 94 valence electrons. The third kappa shape index (κ3) is 2.97. The maximum absolute atomic E-state index is 9.43. The van der Waals surface area contributed by atoms with Crippen molar-refractivity contribution in [2.24, 2.45) is 5.92 Å². The summed E-state index contributed by atoms with van der Waals surface area (Å²) in [4.78, 5) is 6.68. The van der Waals surface area contributed by atoms with E-state index in [1.165, 1.54) is 24.9 Å². The lowest BCUT2D eigenvalue weighted by Gasteiger charge is -2.33. The lowest BCUT2D eigenvalue weighted by atomic mass is 9.85. The molecule has 1 aromatic heterocycles. The molecule has 1 N–H and O–H groups in total. The predicted molar refractivity (Wildman–Crippen MR) is 70.1 cm³/mol. The third-order valence-corrected chi connectivity index (χ3v) is 3.65. The fourth-order valence-electron chi connectivity index (χ4n) is 2.24. The summed E-state index contributed by atoms with van der Waals surface area (Å²) in [5, 5.41) is 9.43. The lowest BCUT2D eigenvalue weighted by Crippen LogP contribution is -2.32. The van der Waals surface area contributed by atoms with Gasteiger partial charge in [-0.25, -0.2) is 0 Å². The first-order chi connectivity index (χ1) is 8.20. The molecule has 3 nitrogen and oxygen atoms in total. The molecular weight excluding hydrogens is 212 g/mol. The van der Waals surface area contributed by atoms with Crippen LogP contribution in [0.15, 0.2) is 18.3 Å². The zero-order valence-corrected chi connectivity index (χ0v) is 10.8. The van der Waals surface area contributed by atoms with Gasteiger partial charge in [0.25, 0.3) is 0 Å². The number of hydrogen-bond acceptors (Lipinski definition) is 3. The number of aliphatic hydroxyl groups excluding tert-OH is 1. The van der Waals surface area contributed by atoms with Crippen molar-refractivity contribution in [1.29, 1.82) is 0 Å². The van der Waals surface area contributed by atoms with E-state index < -0.39 is 6.10 Å². The van der Waals surface area contributed by atoms with Crippen LogP contribution in [0.2, 0.25) is 0 Å². The summed E-state index contributed by atoms with van der Waals surface area (Å²) in [5.74, 6) is 0.867. The van der Waals surface area contributed by atoms with Gasteiger partial charge >= 0.3 is 0 Å². The molecule has 2 rings (SSSR count). The van der Waals surface area contributed by atoms with Gasteiger partial charge < -0.3 is 10.0 Å². The Morgan fingerprint density at radius 2 is 2.24 bits per heavy atom. The van der Waals surface area contributed by atoms with Crippen molar-refractivity contribution in [3.8, 4) is 0 Å². The van der Waals surface area contributed by atoms with Crippen LogP contribution in [-0.4, -0.2) is 23.2 Å². The molecule has 1 aliphatic rings. The van der Waals surface area contributed by atoms with Gasteiger partial charge in [0, 0.05) is 13.1 Å². The first kappa shape index (κ1) is 12.4. The van der Waals surface area contributed by atoms with Crippen LogP contribution in [0.25, 0.3) is 0 Å². The van der Waals surface area contributed by atoms with E-state index in [0.29, 0.717) is 0 Å². The molecule has 0 bridgehead atoms. The minimum absolute atomic E-state index is 0.481. The van der Waals surface area contributed by atoms with Gasteiger partial charge in [-0.1, -0.05) is 6.42 Å². The van der Waals surface area contributed by atoms with E-state index in [9.17, 15) is 5.11 Å². The molecule has 1 heterocycles. The Hall–Kier alpha value is -1.09. The monoisotopic (exact) mass is 234 g/mol. The Morgan fingerprint density at radius 1 is 1.47 bits per heavy atom. The standard InChI is InChI=1S/C14H22N2O/c1-3-16(10-12-5-4-6-12)13-7-8-14(11(2)17)15-9-13/h7-9,11-12,17H,3-6,10H2,1-2H3/t11-/m1/s1. The van der Waals surface area contributed by atoms with Gasteiger partial charge in [-0.05, 0) is 44.7 Å². The first-order valence-electron chi connectivity index (χ1n) is 6.59. The van der Waals surface area contributed by atoms with Crippen molar-refractivity contribution in [1.82, 2.24) is 4.98 Å². The number of pyridine rings is 1. The van der Waals surface area contributed by atoms with Gasteiger partial charge in [-0.2, -0.15) is 0 Å². The zero-order chi connectivity index (χ0) is 12.3. The van der Waals surface area contributed by atoms with Crippen LogP contribution in [0.4, 0.5) is 5.69 Å². The topological polar surface area (TPSA) is 36.4 Å². The molecule has 0 saturated heterocycles. The van der Waals surface area contributed by atoms with Crippen molar-refractivity contribution in [3.05, 3.63) is 24.0 Å². The summed E-state index contributed by atoms with van der Waals surface area (Å²) in [6.07, 6.45) is 5.53. The number of aliphatic hydroxyl groups is 1. The lowest BCUT2D eigenvalue weighted by molar-refractivity contribution is 0.194. The van der Waals surface area contributed by atoms with Crippen LogP contribution in [0.3, 0.4) is 0 Å². The van der Waals surface area contributed by atoms with Gasteiger partial charge in [0.1, 0.15) is 0 Å². The molecule has 0 unspecified atom stereocenters. The summed E-state index contributed by atoms with van der Waals surface area (Å²) in [7, 11) is 0. The van der Waals surface area contributed by atoms with Crippen molar-refractivity contribution >= 4 is 5.69 Å². The number of anilines is 1. The van der Waals surface area contributed by atoms with Crippen LogP contribution in [0.5, 0.6) is 0 Å². The Kier molecular flexibility index (Phi) is 4.00. The number of aromatic nitrogens is 1. The van der Waals surface area contributed by atoms with Gasteiger partial charge in [0.15, 0.2) is 0 Å². The Bertz CT molecular complexity index is 344. The van der Waals surface area contributed by atoms with Crippen LogP contribution in [0.1, 0.15) is 44.9 Å². The summed E-state index contributed by atoms with van der Waals surface area (Å²) in [6, 6.07) is 3.99. The second kappa shape index (κ2) is 5.50. The highest BCUT2D eigenvalue weighted by atomic mass is 16.3. The maximum Gasteiger partial charge on any atom is 0.0931 e. The molecule has 17 heavy (non-hydrogen) atoms. The van der Waals surface area contributed by atoms with Crippen molar-refractivity contribution in [3.63, 3.8) is 0 Å². The minimum atomic E-state index is -0.481. The van der Waals surface area contributed by atoms with E-state index in [2.05, 4.69) is 22.9 Å². The molecule has 1 fully saturated rings. The second-order valence-electron chi connectivity index (χ2n) is 4.95. The smallest absolute Gasteiger partial charge is 0.0931 e. The molecule has 0 amide bonds. The average Bonchev–Trinajstić information content (AvgIpc) is 2.28. The fraction of sp³-hybridized carbons (Fsp3) is 0.643. The molecule has 1 saturated carbocycles. The van der Waals surface area contributed by atoms with Crippen molar-refractivity contribution in [2.45, 2.75) is 39.2 Å². The van der Waals surface area contributed by atoms with E-state index in [0.717, 1.165) is 24.7 Å². The van der Waals surface area contributed by atoms with Gasteiger partial charge in [0.05, 0.1) is 23.7 Å². The summed E-state index contributed by atoms with van der Waals surface area (Å²) < 4.78 is 0. The molecule has 0 spiro atoms. The van der Waals surface area contributed by atoms with Gasteiger partial charge in [0.2, 0.25) is 0 Å². The highest BCUT2D eigenvalue weighted by Gasteiger charge is 2.20. The van der Waals surface area contributed by atoms with E-state index >= 15 is 0 Å². The molecule has 3 heteroatoms. The van der Waals surface area contributed by atoms with E-state index in [1.807, 2.05) is 12.3 Å². The highest BCUT2D eigenvalue weighted by molar-refractivity contribution is 5.44. The van der Waals surface area contributed by atoms with E-state index in [4.69, 9.17) is 0 Å². The summed E-state index contributed by atoms with van der Waals surface area (Å²) >= 11 is 0. The largest absolute Gasteiger partial charge is 0.387 e. The zero-order valence-electron chi connectivity index (χ0n) is 10.8. The van der Waals surface area contributed by atoms with Crippen LogP contribution < -0.4 is 4.90 Å². The molecule has 0 radical (unpaired) electrons. The van der Waals surface area contributed by atoms with Crippen LogP contribution >= 0.6 is 0 Å². The second-order valence-corrected chi connectivity index (χ2v) is 4.95. The SMILES string of the molecule is CCN(CC1CCC1)c1ccc([C@@H](C)O)nc1. The molecular formula is C14H22N2O. The Morgan fingerprint density at radius 3 is 2.65 bits per heavy atom. The maximum atomic E-state index is 9.43. The Balaban J connectivity index is 2.02.